The van der Waals surface area contributed by atoms with Crippen molar-refractivity contribution in [3.8, 4) is 11.5 Å². The van der Waals surface area contributed by atoms with E-state index in [1.165, 1.54) is 30.4 Å². The quantitative estimate of drug-likeness (QED) is 0.350. The molecule has 1 aliphatic rings. The smallest absolute Gasteiger partial charge is 0.296 e. The number of nitrogens with zero attached hydrogens (tertiary/aromatic N) is 1. The Kier molecular flexibility index (Phi) is 5.44. The number of rotatable bonds is 5. The number of benzene rings is 2. The summed E-state index contributed by atoms with van der Waals surface area (Å²) in [4.78, 5) is 27.2. The van der Waals surface area contributed by atoms with Gasteiger partial charge in [0.25, 0.3) is 11.7 Å². The highest BCUT2D eigenvalue weighted by atomic mass is 35.5. The van der Waals surface area contributed by atoms with Crippen molar-refractivity contribution in [2.24, 2.45) is 0 Å². The lowest BCUT2D eigenvalue weighted by Gasteiger charge is -2.25. The third kappa shape index (κ3) is 3.75. The molecule has 0 aliphatic carbocycles. The Balaban J connectivity index is 1.89. The number of aliphatic hydroxyl groups excluding tert-OH is 1. The van der Waals surface area contributed by atoms with E-state index < -0.39 is 17.7 Å². The van der Waals surface area contributed by atoms with E-state index in [2.05, 4.69) is 0 Å². The van der Waals surface area contributed by atoms with Gasteiger partial charge < -0.3 is 24.3 Å². The van der Waals surface area contributed by atoms with Crippen molar-refractivity contribution in [1.82, 2.24) is 4.90 Å². The molecule has 3 aromatic rings. The molecule has 2 N–H and O–H groups in total. The molecule has 1 fully saturated rings. The summed E-state index contributed by atoms with van der Waals surface area (Å²) in [6, 6.07) is 13.2. The molecule has 4 rings (SSSR count). The maximum absolute atomic E-state index is 13.0. The van der Waals surface area contributed by atoms with Gasteiger partial charge in [-0.15, -0.1) is 0 Å². The van der Waals surface area contributed by atoms with Crippen LogP contribution in [0.2, 0.25) is 5.02 Å². The van der Waals surface area contributed by atoms with Gasteiger partial charge in [0.1, 0.15) is 11.5 Å². The molecule has 1 amide bonds. The summed E-state index contributed by atoms with van der Waals surface area (Å²) >= 11 is 5.93. The molecule has 2 aromatic carbocycles. The molecule has 7 nitrogen and oxygen atoms in total. The molecule has 0 saturated carbocycles. The number of carbonyl (C=O) groups excluding carboxylic acids is 2. The first-order valence-corrected chi connectivity index (χ1v) is 9.72. The van der Waals surface area contributed by atoms with Gasteiger partial charge in [0.2, 0.25) is 0 Å². The van der Waals surface area contributed by atoms with Crippen LogP contribution in [0.5, 0.6) is 11.5 Å². The fourth-order valence-electron chi connectivity index (χ4n) is 3.59. The van der Waals surface area contributed by atoms with E-state index in [1.54, 1.807) is 42.5 Å². The first-order valence-electron chi connectivity index (χ1n) is 9.34. The number of aromatic hydroxyl groups is 1. The van der Waals surface area contributed by atoms with Crippen molar-refractivity contribution in [3.63, 3.8) is 0 Å². The predicted molar refractivity (Wildman–Crippen MR) is 113 cm³/mol. The van der Waals surface area contributed by atoms with Gasteiger partial charge in [-0.1, -0.05) is 17.7 Å². The van der Waals surface area contributed by atoms with E-state index in [-0.39, 0.29) is 29.4 Å². The maximum atomic E-state index is 13.0. The van der Waals surface area contributed by atoms with Crippen LogP contribution in [-0.4, -0.2) is 33.9 Å². The number of likely N-dealkylation sites (tertiary alicyclic amines) is 1. The van der Waals surface area contributed by atoms with E-state index in [4.69, 9.17) is 20.8 Å². The van der Waals surface area contributed by atoms with Crippen LogP contribution in [0.3, 0.4) is 0 Å². The van der Waals surface area contributed by atoms with Crippen molar-refractivity contribution >= 4 is 29.1 Å². The lowest BCUT2D eigenvalue weighted by atomic mass is 9.95. The molecular weight excluding hydrogens is 422 g/mol. The fourth-order valence-corrected chi connectivity index (χ4v) is 3.71. The highest BCUT2D eigenvalue weighted by Crippen LogP contribution is 2.42. The molecule has 1 aromatic heterocycles. The average molecular weight is 440 g/mol. The molecule has 0 bridgehead atoms. The zero-order valence-electron chi connectivity index (χ0n) is 16.4. The van der Waals surface area contributed by atoms with E-state index in [9.17, 15) is 19.8 Å². The lowest BCUT2D eigenvalue weighted by molar-refractivity contribution is -0.140. The molecule has 1 saturated heterocycles. The second-order valence-electron chi connectivity index (χ2n) is 6.94. The molecule has 2 heterocycles. The third-order valence-corrected chi connectivity index (χ3v) is 5.34. The molecule has 8 heteroatoms. The summed E-state index contributed by atoms with van der Waals surface area (Å²) in [5, 5.41) is 21.4. The highest BCUT2D eigenvalue weighted by Gasteiger charge is 2.46. The summed E-state index contributed by atoms with van der Waals surface area (Å²) in [5.41, 5.74) is 0.749. The Morgan fingerprint density at radius 3 is 2.55 bits per heavy atom. The zero-order chi connectivity index (χ0) is 22.1. The number of aliphatic hydroxyl groups is 1. The summed E-state index contributed by atoms with van der Waals surface area (Å²) in [6.07, 6.45) is 1.47. The molecule has 0 spiro atoms. The molecule has 31 heavy (non-hydrogen) atoms. The monoisotopic (exact) mass is 439 g/mol. The number of ketones is 1. The van der Waals surface area contributed by atoms with Crippen molar-refractivity contribution in [2.45, 2.75) is 12.6 Å². The van der Waals surface area contributed by atoms with Crippen LogP contribution in [0.4, 0.5) is 0 Å². The van der Waals surface area contributed by atoms with Crippen molar-refractivity contribution in [3.05, 3.63) is 88.3 Å². The fraction of sp³-hybridized carbons (Fsp3) is 0.130. The predicted octanol–water partition coefficient (Wildman–Crippen LogP) is 4.27. The van der Waals surface area contributed by atoms with Gasteiger partial charge in [-0.3, -0.25) is 9.59 Å². The Bertz CT molecular complexity index is 1170. The Labute approximate surface area is 182 Å². The minimum absolute atomic E-state index is 0.0167. The second kappa shape index (κ2) is 8.20. The number of Topliss-reactive ketones (excluding diaryl/α,β-unsaturated/α-hetero) is 1. The van der Waals surface area contributed by atoms with Crippen molar-refractivity contribution in [1.29, 1.82) is 0 Å². The van der Waals surface area contributed by atoms with Gasteiger partial charge in [-0.05, 0) is 54.1 Å². The number of ether oxygens (including phenoxy) is 1. The molecule has 1 atom stereocenters. The third-order valence-electron chi connectivity index (χ3n) is 5.08. The van der Waals surface area contributed by atoms with Crippen molar-refractivity contribution < 1.29 is 29.0 Å². The van der Waals surface area contributed by atoms with Crippen LogP contribution in [0, 0.1) is 0 Å². The van der Waals surface area contributed by atoms with Gasteiger partial charge in [-0.2, -0.15) is 0 Å². The van der Waals surface area contributed by atoms with Gasteiger partial charge in [0.05, 0.1) is 31.5 Å². The largest absolute Gasteiger partial charge is 0.507 e. The number of phenolic OH excluding ortho intramolecular Hbond substituents is 1. The number of phenols is 1. The zero-order valence-corrected chi connectivity index (χ0v) is 17.2. The van der Waals surface area contributed by atoms with Gasteiger partial charge in [-0.25, -0.2) is 0 Å². The molecule has 1 aliphatic heterocycles. The van der Waals surface area contributed by atoms with Crippen LogP contribution in [0.25, 0.3) is 5.76 Å². The van der Waals surface area contributed by atoms with Gasteiger partial charge in [0.15, 0.2) is 11.5 Å². The summed E-state index contributed by atoms with van der Waals surface area (Å²) in [5.74, 6) is -1.36. The topological polar surface area (TPSA) is 100 Å². The molecule has 1 unspecified atom stereocenters. The number of amides is 1. The molecule has 0 radical (unpaired) electrons. The first-order chi connectivity index (χ1) is 14.9. The summed E-state index contributed by atoms with van der Waals surface area (Å²) in [7, 11) is 1.40. The van der Waals surface area contributed by atoms with Crippen LogP contribution in [0.1, 0.15) is 22.9 Å². The maximum Gasteiger partial charge on any atom is 0.296 e. The average Bonchev–Trinajstić information content (AvgIpc) is 3.37. The number of hydrogen-bond donors (Lipinski definition) is 2. The van der Waals surface area contributed by atoms with Crippen LogP contribution in [-0.2, 0) is 16.1 Å². The van der Waals surface area contributed by atoms with E-state index in [0.29, 0.717) is 21.9 Å². The van der Waals surface area contributed by atoms with Gasteiger partial charge in [0, 0.05) is 10.6 Å². The Hall–Kier alpha value is -3.71. The SMILES string of the molecule is COc1cc(C2/C(=C(\O)c3ccc(Cl)cc3)C(=O)C(=O)N2Cc2ccco2)ccc1O. The number of carbonyl (C=O) groups is 2. The van der Waals surface area contributed by atoms with Crippen LogP contribution < -0.4 is 4.74 Å². The van der Waals surface area contributed by atoms with E-state index in [0.717, 1.165) is 0 Å². The number of hydrogen-bond acceptors (Lipinski definition) is 6. The Morgan fingerprint density at radius 1 is 1.16 bits per heavy atom. The Morgan fingerprint density at radius 2 is 1.90 bits per heavy atom. The van der Waals surface area contributed by atoms with Crippen LogP contribution >= 0.6 is 11.6 Å². The normalized spacial score (nSPS) is 17.9. The summed E-state index contributed by atoms with van der Waals surface area (Å²) in [6.45, 7) is 0.0167. The summed E-state index contributed by atoms with van der Waals surface area (Å²) < 4.78 is 10.5. The second-order valence-corrected chi connectivity index (χ2v) is 7.38. The van der Waals surface area contributed by atoms with Crippen molar-refractivity contribution in [2.75, 3.05) is 7.11 Å². The number of halogens is 1. The highest BCUT2D eigenvalue weighted by molar-refractivity contribution is 6.46. The molecule has 158 valence electrons. The van der Waals surface area contributed by atoms with E-state index in [1.807, 2.05) is 0 Å². The number of methoxy groups -OCH3 is 1. The van der Waals surface area contributed by atoms with Crippen LogP contribution in [0.15, 0.2) is 70.9 Å². The molecular formula is C23H18ClNO6. The van der Waals surface area contributed by atoms with Gasteiger partial charge >= 0.3 is 0 Å². The van der Waals surface area contributed by atoms with E-state index >= 15 is 0 Å². The lowest BCUT2D eigenvalue weighted by Crippen LogP contribution is -2.29. The minimum Gasteiger partial charge on any atom is -0.507 e. The number of furan rings is 1. The first kappa shape index (κ1) is 20.6. The standard InChI is InChI=1S/C23H18ClNO6/c1-30-18-11-14(6-9-17(18)26)20-19(21(27)13-4-7-15(24)8-5-13)22(28)23(29)25(20)12-16-3-2-10-31-16/h2-11,20,26-27H,12H2,1H3/b21-19+. The minimum atomic E-state index is -0.921.